The highest BCUT2D eigenvalue weighted by Crippen LogP contribution is 2.35. The van der Waals surface area contributed by atoms with Gasteiger partial charge >= 0.3 is 5.97 Å². The van der Waals surface area contributed by atoms with E-state index in [1.165, 1.54) is 16.7 Å². The van der Waals surface area contributed by atoms with Crippen molar-refractivity contribution < 1.29 is 29.0 Å². The summed E-state index contributed by atoms with van der Waals surface area (Å²) in [4.78, 5) is 39.8. The number of carboxylic acid groups (broad SMARTS) is 1. The Hall–Kier alpha value is -2.59. The fourth-order valence-corrected chi connectivity index (χ4v) is 4.93. The summed E-state index contributed by atoms with van der Waals surface area (Å²) in [6, 6.07) is 5.37. The third-order valence-corrected chi connectivity index (χ3v) is 6.34. The molecule has 0 aromatic heterocycles. The molecule has 1 N–H and O–H groups in total. The standard InChI is InChI=1S/C24H32N2O6S2/c1-6-31-19-12-17(9-10-18(19)32-14-21(27)26(15(2)3)16(4)5)13-20-23(30)25(24(33)34-20)11-7-8-22(28)29/h9-10,12-13,15-16H,6-8,11,14H2,1-5H3,(H,28,29)/b20-13+. The minimum atomic E-state index is -0.908. The summed E-state index contributed by atoms with van der Waals surface area (Å²) in [7, 11) is 0. The first-order valence-corrected chi connectivity index (χ1v) is 12.5. The number of ether oxygens (including phenoxy) is 2. The van der Waals surface area contributed by atoms with Crippen molar-refractivity contribution in [1.29, 1.82) is 0 Å². The van der Waals surface area contributed by atoms with Gasteiger partial charge in [-0.1, -0.05) is 30.0 Å². The number of nitrogens with zero attached hydrogens (tertiary/aromatic N) is 2. The Balaban J connectivity index is 2.15. The minimum Gasteiger partial charge on any atom is -0.490 e. The van der Waals surface area contributed by atoms with Crippen molar-refractivity contribution in [2.75, 3.05) is 19.8 Å². The van der Waals surface area contributed by atoms with E-state index in [-0.39, 0.29) is 43.5 Å². The van der Waals surface area contributed by atoms with E-state index in [1.54, 1.807) is 29.2 Å². The topological polar surface area (TPSA) is 96.4 Å². The van der Waals surface area contributed by atoms with Crippen molar-refractivity contribution in [3.8, 4) is 11.5 Å². The predicted octanol–water partition coefficient (Wildman–Crippen LogP) is 4.18. The molecule has 0 atom stereocenters. The average Bonchev–Trinajstić information content (AvgIpc) is 3.00. The van der Waals surface area contributed by atoms with Crippen LogP contribution in [0.2, 0.25) is 0 Å². The summed E-state index contributed by atoms with van der Waals surface area (Å²) < 4.78 is 11.9. The number of hydrogen-bond donors (Lipinski definition) is 1. The van der Waals surface area contributed by atoms with Crippen LogP contribution in [0.15, 0.2) is 23.1 Å². The van der Waals surface area contributed by atoms with E-state index in [0.717, 1.165) is 5.56 Å². The van der Waals surface area contributed by atoms with Gasteiger partial charge in [0, 0.05) is 25.0 Å². The molecule has 1 aromatic rings. The lowest BCUT2D eigenvalue weighted by Crippen LogP contribution is -2.44. The molecule has 1 saturated heterocycles. The molecule has 1 aliphatic heterocycles. The van der Waals surface area contributed by atoms with Crippen LogP contribution < -0.4 is 9.47 Å². The molecule has 2 rings (SSSR count). The van der Waals surface area contributed by atoms with Gasteiger partial charge in [0.1, 0.15) is 4.32 Å². The van der Waals surface area contributed by atoms with Crippen molar-refractivity contribution in [2.24, 2.45) is 0 Å². The van der Waals surface area contributed by atoms with Crippen molar-refractivity contribution in [2.45, 2.75) is 59.5 Å². The number of rotatable bonds is 12. The first kappa shape index (κ1) is 27.7. The average molecular weight is 509 g/mol. The van der Waals surface area contributed by atoms with Gasteiger partial charge in [0.05, 0.1) is 11.5 Å². The normalized spacial score (nSPS) is 14.9. The van der Waals surface area contributed by atoms with Gasteiger partial charge in [-0.25, -0.2) is 0 Å². The van der Waals surface area contributed by atoms with Gasteiger partial charge in [0.25, 0.3) is 11.8 Å². The molecule has 1 aliphatic rings. The molecule has 0 spiro atoms. The second-order valence-corrected chi connectivity index (χ2v) is 9.92. The maximum atomic E-state index is 12.7. The van der Waals surface area contributed by atoms with E-state index in [2.05, 4.69) is 0 Å². The lowest BCUT2D eigenvalue weighted by molar-refractivity contribution is -0.138. The van der Waals surface area contributed by atoms with Crippen LogP contribution in [0, 0.1) is 0 Å². The van der Waals surface area contributed by atoms with Crippen LogP contribution in [0.5, 0.6) is 11.5 Å². The second-order valence-electron chi connectivity index (χ2n) is 8.25. The van der Waals surface area contributed by atoms with Crippen LogP contribution in [0.3, 0.4) is 0 Å². The summed E-state index contributed by atoms with van der Waals surface area (Å²) >= 11 is 6.47. The molecule has 34 heavy (non-hydrogen) atoms. The maximum Gasteiger partial charge on any atom is 0.303 e. The number of benzene rings is 1. The zero-order chi connectivity index (χ0) is 25.4. The smallest absolute Gasteiger partial charge is 0.303 e. The van der Waals surface area contributed by atoms with Crippen molar-refractivity contribution in [3.05, 3.63) is 28.7 Å². The minimum absolute atomic E-state index is 0.0239. The number of hydrogen-bond acceptors (Lipinski definition) is 7. The molecule has 1 heterocycles. The quantitative estimate of drug-likeness (QED) is 0.332. The molecule has 10 heteroatoms. The number of carboxylic acids is 1. The van der Waals surface area contributed by atoms with Crippen LogP contribution in [-0.2, 0) is 14.4 Å². The molecule has 1 fully saturated rings. The Bertz CT molecular complexity index is 953. The Morgan fingerprint density at radius 2 is 1.85 bits per heavy atom. The predicted molar refractivity (Wildman–Crippen MR) is 137 cm³/mol. The molecule has 0 saturated carbocycles. The Morgan fingerprint density at radius 3 is 2.44 bits per heavy atom. The first-order chi connectivity index (χ1) is 16.0. The van der Waals surface area contributed by atoms with E-state index >= 15 is 0 Å². The highest BCUT2D eigenvalue weighted by atomic mass is 32.2. The Labute approximate surface area is 210 Å². The fraction of sp³-hybridized carbons (Fsp3) is 0.500. The van der Waals surface area contributed by atoms with Crippen molar-refractivity contribution in [3.63, 3.8) is 0 Å². The van der Waals surface area contributed by atoms with Gasteiger partial charge in [0.15, 0.2) is 18.1 Å². The van der Waals surface area contributed by atoms with Gasteiger partial charge in [-0.3, -0.25) is 19.3 Å². The molecule has 186 valence electrons. The third-order valence-electron chi connectivity index (χ3n) is 4.96. The van der Waals surface area contributed by atoms with Gasteiger partial charge in [-0.2, -0.15) is 0 Å². The Kier molecular flexibility index (Phi) is 10.4. The summed E-state index contributed by atoms with van der Waals surface area (Å²) in [5.41, 5.74) is 0.721. The van der Waals surface area contributed by atoms with E-state index < -0.39 is 5.97 Å². The lowest BCUT2D eigenvalue weighted by Gasteiger charge is -2.30. The van der Waals surface area contributed by atoms with Gasteiger partial charge in [0.2, 0.25) is 0 Å². The van der Waals surface area contributed by atoms with Crippen LogP contribution in [0.25, 0.3) is 6.08 Å². The molecule has 1 aromatic carbocycles. The van der Waals surface area contributed by atoms with Gasteiger partial charge in [-0.15, -0.1) is 0 Å². The van der Waals surface area contributed by atoms with Crippen molar-refractivity contribution in [1.82, 2.24) is 9.80 Å². The molecule has 0 unspecified atom stereocenters. The number of carbonyl (C=O) groups is 3. The van der Waals surface area contributed by atoms with E-state index in [9.17, 15) is 14.4 Å². The van der Waals surface area contributed by atoms with Crippen LogP contribution >= 0.6 is 24.0 Å². The summed E-state index contributed by atoms with van der Waals surface area (Å²) in [5.74, 6) is -0.341. The van der Waals surface area contributed by atoms with E-state index in [0.29, 0.717) is 33.8 Å². The van der Waals surface area contributed by atoms with Crippen LogP contribution in [0.4, 0.5) is 0 Å². The van der Waals surface area contributed by atoms with Crippen LogP contribution in [-0.4, -0.2) is 68.9 Å². The highest BCUT2D eigenvalue weighted by Gasteiger charge is 2.31. The van der Waals surface area contributed by atoms with E-state index in [4.69, 9.17) is 26.8 Å². The largest absolute Gasteiger partial charge is 0.490 e. The number of amides is 2. The zero-order valence-electron chi connectivity index (χ0n) is 20.2. The monoisotopic (exact) mass is 508 g/mol. The first-order valence-electron chi connectivity index (χ1n) is 11.2. The molecular weight excluding hydrogens is 476 g/mol. The van der Waals surface area contributed by atoms with Crippen LogP contribution in [0.1, 0.15) is 53.0 Å². The lowest BCUT2D eigenvalue weighted by atomic mass is 10.1. The number of carbonyl (C=O) groups excluding carboxylic acids is 2. The molecule has 0 bridgehead atoms. The summed E-state index contributed by atoms with van der Waals surface area (Å²) in [5, 5.41) is 8.81. The molecule has 2 amide bonds. The molecule has 0 radical (unpaired) electrons. The van der Waals surface area contributed by atoms with Gasteiger partial charge in [-0.05, 0) is 64.8 Å². The van der Waals surface area contributed by atoms with Gasteiger partial charge < -0.3 is 19.5 Å². The Morgan fingerprint density at radius 1 is 1.18 bits per heavy atom. The summed E-state index contributed by atoms with van der Waals surface area (Å²) in [6.45, 7) is 10.3. The van der Waals surface area contributed by atoms with E-state index in [1.807, 2.05) is 34.6 Å². The fourth-order valence-electron chi connectivity index (χ4n) is 3.62. The highest BCUT2D eigenvalue weighted by molar-refractivity contribution is 8.26. The second kappa shape index (κ2) is 12.8. The SMILES string of the molecule is CCOc1cc(/C=C2/SC(=S)N(CCCC(=O)O)C2=O)ccc1OCC(=O)N(C(C)C)C(C)C. The zero-order valence-corrected chi connectivity index (χ0v) is 21.8. The maximum absolute atomic E-state index is 12.7. The number of aliphatic carboxylic acids is 1. The summed E-state index contributed by atoms with van der Waals surface area (Å²) in [6.07, 6.45) is 2.02. The number of thiocarbonyl (C=S) groups is 1. The van der Waals surface area contributed by atoms with Crippen molar-refractivity contribution >= 4 is 52.2 Å². The number of thioether (sulfide) groups is 1. The molecule has 0 aliphatic carbocycles. The molecular formula is C24H32N2O6S2. The third kappa shape index (κ3) is 7.46. The molecule has 8 nitrogen and oxygen atoms in total.